The number of rotatable bonds is 5. The maximum absolute atomic E-state index is 10.0. The zero-order valence-corrected chi connectivity index (χ0v) is 11.5. The van der Waals surface area contributed by atoms with Gasteiger partial charge in [0.25, 0.3) is 0 Å². The number of hydrogen-bond acceptors (Lipinski definition) is 6. The molecule has 102 valence electrons. The summed E-state index contributed by atoms with van der Waals surface area (Å²) in [5.74, 6) is 0.751. The molecule has 0 fully saturated rings. The number of anilines is 1. The Morgan fingerprint density at radius 1 is 1.25 bits per heavy atom. The minimum Gasteiger partial charge on any atom is -0.388 e. The van der Waals surface area contributed by atoms with Crippen molar-refractivity contribution in [2.75, 3.05) is 11.9 Å². The van der Waals surface area contributed by atoms with Gasteiger partial charge in [0.2, 0.25) is 0 Å². The van der Waals surface area contributed by atoms with E-state index in [9.17, 15) is 5.11 Å². The molecule has 0 aliphatic rings. The Morgan fingerprint density at radius 2 is 2.20 bits per heavy atom. The van der Waals surface area contributed by atoms with Gasteiger partial charge in [-0.05, 0) is 40.9 Å². The van der Waals surface area contributed by atoms with Crippen molar-refractivity contribution in [1.82, 2.24) is 15.0 Å². The lowest BCUT2D eigenvalue weighted by atomic mass is 10.1. The number of nitrogens with one attached hydrogen (secondary N) is 1. The van der Waals surface area contributed by atoms with Crippen LogP contribution >= 0.6 is 11.3 Å². The fraction of sp³-hybridized carbons (Fsp3) is 0.214. The monoisotopic (exact) mass is 286 g/mol. The highest BCUT2D eigenvalue weighted by atomic mass is 32.1. The molecule has 1 atom stereocenters. The van der Waals surface area contributed by atoms with Gasteiger partial charge in [-0.1, -0.05) is 0 Å². The highest BCUT2D eigenvalue weighted by Crippen LogP contribution is 2.20. The Labute approximate surface area is 120 Å². The number of aromatic nitrogens is 3. The van der Waals surface area contributed by atoms with Gasteiger partial charge >= 0.3 is 0 Å². The molecule has 3 aromatic rings. The van der Waals surface area contributed by atoms with Crippen molar-refractivity contribution in [2.45, 2.75) is 12.5 Å². The molecular weight excluding hydrogens is 272 g/mol. The summed E-state index contributed by atoms with van der Waals surface area (Å²) in [4.78, 5) is 12.5. The van der Waals surface area contributed by atoms with Gasteiger partial charge in [0.05, 0.1) is 11.5 Å². The average molecular weight is 286 g/mol. The molecule has 0 bridgehead atoms. The largest absolute Gasteiger partial charge is 0.388 e. The predicted molar refractivity (Wildman–Crippen MR) is 79.7 cm³/mol. The van der Waals surface area contributed by atoms with E-state index in [2.05, 4.69) is 20.3 Å². The zero-order valence-electron chi connectivity index (χ0n) is 10.7. The first kappa shape index (κ1) is 13.0. The number of aliphatic hydroxyl groups is 1. The van der Waals surface area contributed by atoms with Crippen molar-refractivity contribution >= 4 is 28.2 Å². The summed E-state index contributed by atoms with van der Waals surface area (Å²) in [6.45, 7) is 0.637. The molecule has 0 spiro atoms. The van der Waals surface area contributed by atoms with Gasteiger partial charge in [0.15, 0.2) is 5.65 Å². The summed E-state index contributed by atoms with van der Waals surface area (Å²) in [7, 11) is 0. The Morgan fingerprint density at radius 3 is 3.05 bits per heavy atom. The molecule has 3 rings (SSSR count). The summed E-state index contributed by atoms with van der Waals surface area (Å²) in [6, 6.07) is 5.73. The molecule has 3 aromatic heterocycles. The molecule has 0 amide bonds. The van der Waals surface area contributed by atoms with E-state index in [1.165, 1.54) is 6.33 Å². The number of hydrogen-bond donors (Lipinski definition) is 2. The Bertz CT molecular complexity index is 681. The molecule has 0 saturated carbocycles. The number of fused-ring (bicyclic) bond motifs is 1. The molecule has 2 N–H and O–H groups in total. The number of nitrogens with zero attached hydrogens (tertiary/aromatic N) is 3. The SMILES string of the molecule is OC(CCNc1ncnc2ncccc12)c1ccsc1. The molecule has 0 aromatic carbocycles. The van der Waals surface area contributed by atoms with E-state index in [1.807, 2.05) is 29.0 Å². The molecule has 5 nitrogen and oxygen atoms in total. The standard InChI is InChI=1S/C14H14N4OS/c19-12(10-4-7-20-8-10)3-6-16-14-11-2-1-5-15-13(11)17-9-18-14/h1-2,4-5,7-9,12,19H,3,6H2,(H,15,16,17,18). The summed E-state index contributed by atoms with van der Waals surface area (Å²) in [5, 5.41) is 18.1. The molecule has 3 heterocycles. The molecule has 0 aliphatic heterocycles. The third kappa shape index (κ3) is 2.76. The van der Waals surface area contributed by atoms with Crippen molar-refractivity contribution < 1.29 is 5.11 Å². The second kappa shape index (κ2) is 5.94. The van der Waals surface area contributed by atoms with Crippen LogP contribution in [-0.4, -0.2) is 26.6 Å². The van der Waals surface area contributed by atoms with Gasteiger partial charge in [-0.25, -0.2) is 15.0 Å². The van der Waals surface area contributed by atoms with E-state index < -0.39 is 6.10 Å². The minimum absolute atomic E-state index is 0.444. The van der Waals surface area contributed by atoms with Crippen LogP contribution in [0.3, 0.4) is 0 Å². The van der Waals surface area contributed by atoms with Gasteiger partial charge in [-0.2, -0.15) is 11.3 Å². The summed E-state index contributed by atoms with van der Waals surface area (Å²) in [6.07, 6.45) is 3.38. The number of thiophene rings is 1. The first-order chi connectivity index (χ1) is 9.84. The highest BCUT2D eigenvalue weighted by Gasteiger charge is 2.08. The topological polar surface area (TPSA) is 70.9 Å². The Hall–Kier alpha value is -2.05. The third-order valence-corrected chi connectivity index (χ3v) is 3.75. The van der Waals surface area contributed by atoms with Gasteiger partial charge in [-0.15, -0.1) is 0 Å². The zero-order chi connectivity index (χ0) is 13.8. The van der Waals surface area contributed by atoms with Gasteiger partial charge in [0.1, 0.15) is 12.1 Å². The van der Waals surface area contributed by atoms with Crippen LogP contribution in [0.15, 0.2) is 41.5 Å². The fourth-order valence-corrected chi connectivity index (χ4v) is 2.70. The maximum atomic E-state index is 10.0. The van der Waals surface area contributed by atoms with E-state index in [-0.39, 0.29) is 0 Å². The molecule has 6 heteroatoms. The quantitative estimate of drug-likeness (QED) is 0.754. The van der Waals surface area contributed by atoms with Gasteiger partial charge in [0, 0.05) is 12.7 Å². The van der Waals surface area contributed by atoms with Crippen molar-refractivity contribution in [3.8, 4) is 0 Å². The first-order valence-corrected chi connectivity index (χ1v) is 7.28. The van der Waals surface area contributed by atoms with Crippen LogP contribution in [0, 0.1) is 0 Å². The molecular formula is C14H14N4OS. The van der Waals surface area contributed by atoms with Crippen LogP contribution in [0.5, 0.6) is 0 Å². The third-order valence-electron chi connectivity index (χ3n) is 3.05. The van der Waals surface area contributed by atoms with Crippen LogP contribution in [0.2, 0.25) is 0 Å². The minimum atomic E-state index is -0.444. The average Bonchev–Trinajstić information content (AvgIpc) is 3.02. The lowest BCUT2D eigenvalue weighted by Crippen LogP contribution is -2.08. The van der Waals surface area contributed by atoms with Crippen LogP contribution in [0.1, 0.15) is 18.1 Å². The van der Waals surface area contributed by atoms with Crippen LogP contribution in [0.25, 0.3) is 11.0 Å². The number of aliphatic hydroxyl groups excluding tert-OH is 1. The normalized spacial score (nSPS) is 12.4. The van der Waals surface area contributed by atoms with Crippen molar-refractivity contribution in [3.63, 3.8) is 0 Å². The smallest absolute Gasteiger partial charge is 0.164 e. The van der Waals surface area contributed by atoms with Gasteiger partial charge < -0.3 is 10.4 Å². The van der Waals surface area contributed by atoms with Crippen molar-refractivity contribution in [1.29, 1.82) is 0 Å². The van der Waals surface area contributed by atoms with E-state index in [0.717, 1.165) is 16.8 Å². The summed E-state index contributed by atoms with van der Waals surface area (Å²) in [5.41, 5.74) is 1.63. The molecule has 0 aliphatic carbocycles. The van der Waals surface area contributed by atoms with Crippen LogP contribution in [-0.2, 0) is 0 Å². The van der Waals surface area contributed by atoms with E-state index in [4.69, 9.17) is 0 Å². The van der Waals surface area contributed by atoms with E-state index >= 15 is 0 Å². The fourth-order valence-electron chi connectivity index (χ4n) is 1.99. The maximum Gasteiger partial charge on any atom is 0.164 e. The number of pyridine rings is 1. The molecule has 1 unspecified atom stereocenters. The Balaban J connectivity index is 1.66. The van der Waals surface area contributed by atoms with Crippen LogP contribution < -0.4 is 5.32 Å². The second-order valence-electron chi connectivity index (χ2n) is 4.38. The second-order valence-corrected chi connectivity index (χ2v) is 5.16. The molecule has 20 heavy (non-hydrogen) atoms. The summed E-state index contributed by atoms with van der Waals surface area (Å²) < 4.78 is 0. The van der Waals surface area contributed by atoms with Crippen LogP contribution in [0.4, 0.5) is 5.82 Å². The predicted octanol–water partition coefficient (Wildman–Crippen LogP) is 2.62. The summed E-state index contributed by atoms with van der Waals surface area (Å²) >= 11 is 1.59. The lowest BCUT2D eigenvalue weighted by Gasteiger charge is -2.11. The van der Waals surface area contributed by atoms with E-state index in [1.54, 1.807) is 17.5 Å². The molecule has 0 radical (unpaired) electrons. The lowest BCUT2D eigenvalue weighted by molar-refractivity contribution is 0.172. The highest BCUT2D eigenvalue weighted by molar-refractivity contribution is 7.07. The van der Waals surface area contributed by atoms with Crippen molar-refractivity contribution in [3.05, 3.63) is 47.0 Å². The van der Waals surface area contributed by atoms with E-state index in [0.29, 0.717) is 18.6 Å². The van der Waals surface area contributed by atoms with Gasteiger partial charge in [-0.3, -0.25) is 0 Å². The first-order valence-electron chi connectivity index (χ1n) is 6.34. The van der Waals surface area contributed by atoms with Crippen molar-refractivity contribution in [2.24, 2.45) is 0 Å². The molecule has 0 saturated heterocycles. The Kier molecular flexibility index (Phi) is 3.85.